The summed E-state index contributed by atoms with van der Waals surface area (Å²) in [6, 6.07) is 36.8. The van der Waals surface area contributed by atoms with E-state index in [1.165, 1.54) is 41.3 Å². The number of non-ortho nitro benzene ring substituents is 1. The number of halogens is 1. The maximum Gasteiger partial charge on any atom is 0.356 e. The van der Waals surface area contributed by atoms with Crippen LogP contribution in [-0.2, 0) is 34.7 Å². The van der Waals surface area contributed by atoms with Crippen molar-refractivity contribution in [3.63, 3.8) is 0 Å². The Morgan fingerprint density at radius 3 is 1.83 bits per heavy atom. The van der Waals surface area contributed by atoms with Crippen LogP contribution in [0.25, 0.3) is 0 Å². The van der Waals surface area contributed by atoms with E-state index in [0.29, 0.717) is 0 Å². The predicted molar refractivity (Wildman–Crippen MR) is 261 cm³/mol. The molecule has 1 amide bonds. The zero-order chi connectivity index (χ0) is 48.0. The predicted octanol–water partition coefficient (Wildman–Crippen LogP) is 8.84. The lowest BCUT2D eigenvalue weighted by Gasteiger charge is -2.53. The maximum atomic E-state index is 15.2. The van der Waals surface area contributed by atoms with Crippen LogP contribution < -0.4 is 15.9 Å². The number of likely N-dealkylation sites (tertiary alicyclic amines) is 1. The molecule has 1 saturated heterocycles. The van der Waals surface area contributed by atoms with Crippen molar-refractivity contribution in [1.29, 1.82) is 0 Å². The number of nitro benzene ring substituents is 1. The van der Waals surface area contributed by atoms with Gasteiger partial charge in [0.1, 0.15) is 12.0 Å². The zero-order valence-electron chi connectivity index (χ0n) is 37.6. The highest BCUT2D eigenvalue weighted by Gasteiger charge is 2.57. The number of hydrogen-bond acceptors (Lipinski definition) is 10. The van der Waals surface area contributed by atoms with Crippen LogP contribution in [0.1, 0.15) is 60.4 Å². The summed E-state index contributed by atoms with van der Waals surface area (Å²) in [7, 11) is -2.48. The molecule has 342 valence electrons. The van der Waals surface area contributed by atoms with E-state index >= 15 is 9.59 Å². The number of nitro groups is 1. The van der Waals surface area contributed by atoms with Crippen molar-refractivity contribution in [1.82, 2.24) is 4.90 Å². The molecule has 0 saturated carbocycles. The third-order valence-electron chi connectivity index (χ3n) is 12.2. The van der Waals surface area contributed by atoms with Crippen LogP contribution in [-0.4, -0.2) is 71.9 Å². The fraction of sp³-hybridized carbons (Fsp3) is 0.255. The fourth-order valence-electron chi connectivity index (χ4n) is 7.89. The number of nitrogens with zero attached hydrogens (tertiary/aromatic N) is 2. The van der Waals surface area contributed by atoms with Crippen molar-refractivity contribution in [3.05, 3.63) is 178 Å². The fourth-order valence-corrected chi connectivity index (χ4v) is 14.0. The second-order valence-electron chi connectivity index (χ2n) is 17.4. The molecule has 5 aromatic rings. The first-order chi connectivity index (χ1) is 31.3. The molecule has 0 spiro atoms. The van der Waals surface area contributed by atoms with Crippen LogP contribution in [0.4, 0.5) is 5.69 Å². The summed E-state index contributed by atoms with van der Waals surface area (Å²) in [5.74, 6) is -4.28. The van der Waals surface area contributed by atoms with Crippen molar-refractivity contribution in [2.24, 2.45) is 5.92 Å². The number of esters is 3. The Balaban J connectivity index is 1.45. The quantitative estimate of drug-likeness (QED) is 0.0101. The molecule has 0 radical (unpaired) electrons. The van der Waals surface area contributed by atoms with Gasteiger partial charge < -0.3 is 18.8 Å². The SMILES string of the molecule is C=CCOC(=O)C(N1C(=O)[C@H]([C@@H](C)O[Si](C)(C)C(C)(C)C)[C@H]1CC(=O)c1ccc(CC(=O)OC(=O)c2ccc([N+](=O)[O-])cc2)c(Cl)c1)=P(c1ccccc1)(c1ccccc1)c1ccccc1. The lowest BCUT2D eigenvalue weighted by atomic mass is 9.79. The molecule has 0 bridgehead atoms. The van der Waals surface area contributed by atoms with E-state index < -0.39 is 68.3 Å². The molecule has 1 aliphatic rings. The van der Waals surface area contributed by atoms with Crippen LogP contribution >= 0.6 is 18.5 Å². The van der Waals surface area contributed by atoms with Crippen LogP contribution in [0.3, 0.4) is 0 Å². The lowest BCUT2D eigenvalue weighted by Crippen LogP contribution is -2.69. The minimum Gasteiger partial charge on any atom is -0.457 e. The number of amides is 1. The first-order valence-electron chi connectivity index (χ1n) is 21.3. The van der Waals surface area contributed by atoms with Crippen molar-refractivity contribution in [2.75, 3.05) is 6.61 Å². The molecular formula is C51H52ClN2O10PSi. The van der Waals surface area contributed by atoms with E-state index in [2.05, 4.69) is 40.4 Å². The van der Waals surface area contributed by atoms with E-state index in [0.717, 1.165) is 28.0 Å². The molecule has 5 aromatic carbocycles. The first kappa shape index (κ1) is 49.2. The number of β-lactam (4-membered cyclic amide) rings is 1. The Morgan fingerprint density at radius 2 is 1.36 bits per heavy atom. The molecule has 3 atom stereocenters. The van der Waals surface area contributed by atoms with E-state index in [9.17, 15) is 24.5 Å². The number of ketones is 1. The van der Waals surface area contributed by atoms with Crippen LogP contribution in [0, 0.1) is 16.0 Å². The number of rotatable bonds is 17. The van der Waals surface area contributed by atoms with Gasteiger partial charge in [-0.1, -0.05) is 148 Å². The van der Waals surface area contributed by atoms with Gasteiger partial charge in [0.2, 0.25) is 5.91 Å². The van der Waals surface area contributed by atoms with Gasteiger partial charge in [-0.05, 0) is 64.7 Å². The third kappa shape index (κ3) is 10.2. The molecule has 6 rings (SSSR count). The summed E-state index contributed by atoms with van der Waals surface area (Å²) < 4.78 is 17.8. The summed E-state index contributed by atoms with van der Waals surface area (Å²) in [5, 5.41) is 13.2. The molecule has 1 heterocycles. The van der Waals surface area contributed by atoms with Crippen molar-refractivity contribution >= 4 is 83.4 Å². The van der Waals surface area contributed by atoms with Crippen molar-refractivity contribution < 1.29 is 42.8 Å². The number of hydrogen-bond donors (Lipinski definition) is 0. The maximum absolute atomic E-state index is 15.2. The molecule has 66 heavy (non-hydrogen) atoms. The van der Waals surface area contributed by atoms with Gasteiger partial charge in [0.05, 0.1) is 35.0 Å². The van der Waals surface area contributed by atoms with Crippen molar-refractivity contribution in [2.45, 2.75) is 70.8 Å². The summed E-state index contributed by atoms with van der Waals surface area (Å²) in [6.45, 7) is 12.7. The van der Waals surface area contributed by atoms with E-state index in [4.69, 9.17) is 25.5 Å². The molecule has 1 fully saturated rings. The van der Waals surface area contributed by atoms with Gasteiger partial charge >= 0.3 is 17.9 Å². The number of benzene rings is 5. The molecule has 0 unspecified atom stereocenters. The molecule has 12 nitrogen and oxygen atoms in total. The van der Waals surface area contributed by atoms with Crippen LogP contribution in [0.15, 0.2) is 146 Å². The van der Waals surface area contributed by atoms with Gasteiger partial charge in [0, 0.05) is 36.0 Å². The van der Waals surface area contributed by atoms with E-state index in [1.54, 1.807) is 0 Å². The zero-order valence-corrected chi connectivity index (χ0v) is 40.3. The van der Waals surface area contributed by atoms with E-state index in [-0.39, 0.29) is 56.8 Å². The highest BCUT2D eigenvalue weighted by Crippen LogP contribution is 2.51. The largest absolute Gasteiger partial charge is 0.457 e. The standard InChI is InChI=1S/C51H52ClN2O10PSi/c1-8-30-62-50(59)48(65(39-18-12-9-13-19-39,40-20-14-10-15-21-40)41-22-16-11-17-23-41)53-43(46(47(53)57)34(2)64-66(6,7)51(3,4)5)33-44(55)37-25-24-36(42(52)31-37)32-45(56)63-49(58)35-26-28-38(29-27-35)54(60)61/h8-29,31,34,43,46H,1,30,32-33H2,2-7H3/t34-,43-,46-/m1/s1. The molecule has 0 N–H and O–H groups in total. The molecule has 0 aliphatic carbocycles. The summed E-state index contributed by atoms with van der Waals surface area (Å²) in [5.41, 5.74) is 0.277. The van der Waals surface area contributed by atoms with Crippen LogP contribution in [0.2, 0.25) is 23.2 Å². The van der Waals surface area contributed by atoms with E-state index in [1.807, 2.05) is 97.9 Å². The highest BCUT2D eigenvalue weighted by molar-refractivity contribution is 7.96. The van der Waals surface area contributed by atoms with Crippen molar-refractivity contribution in [3.8, 4) is 0 Å². The van der Waals surface area contributed by atoms with Crippen LogP contribution in [0.5, 0.6) is 0 Å². The molecule has 0 aromatic heterocycles. The monoisotopic (exact) mass is 946 g/mol. The summed E-state index contributed by atoms with van der Waals surface area (Å²) in [4.78, 5) is 82.3. The second-order valence-corrected chi connectivity index (χ2v) is 25.9. The van der Waals surface area contributed by atoms with Gasteiger partial charge in [0.25, 0.3) is 5.69 Å². The summed E-state index contributed by atoms with van der Waals surface area (Å²) in [6.07, 6.45) is 0.155. The minimum absolute atomic E-state index is 0.0516. The first-order valence-corrected chi connectivity index (χ1v) is 26.4. The number of ether oxygens (including phenoxy) is 2. The Hall–Kier alpha value is -6.24. The smallest absolute Gasteiger partial charge is 0.356 e. The highest BCUT2D eigenvalue weighted by atomic mass is 35.5. The third-order valence-corrected chi connectivity index (χ3v) is 21.4. The Labute approximate surface area is 390 Å². The average Bonchev–Trinajstić information content (AvgIpc) is 3.29. The normalized spacial score (nSPS) is 15.5. The van der Waals surface area contributed by atoms with Gasteiger partial charge in [0.15, 0.2) is 14.1 Å². The summed E-state index contributed by atoms with van der Waals surface area (Å²) >= 11 is 6.70. The molecular weight excluding hydrogens is 895 g/mol. The number of Topliss-reactive ketones (excluding diaryl/α,β-unsaturated/α-hetero) is 1. The Morgan fingerprint density at radius 1 is 0.848 bits per heavy atom. The minimum atomic E-state index is -3.31. The molecule has 15 heteroatoms. The van der Waals surface area contributed by atoms with Gasteiger partial charge in [-0.3, -0.25) is 24.5 Å². The topological polar surface area (TPSA) is 159 Å². The number of carbonyl (C=O) groups is 5. The van der Waals surface area contributed by atoms with Gasteiger partial charge in [-0.2, -0.15) is 0 Å². The Bertz CT molecular complexity index is 2600. The second kappa shape index (κ2) is 20.5. The molecule has 1 aliphatic heterocycles. The van der Waals surface area contributed by atoms with Gasteiger partial charge in [-0.25, -0.2) is 9.59 Å². The number of carbonyl (C=O) groups excluding carboxylic acids is 5. The Kier molecular flexibility index (Phi) is 15.3. The van der Waals surface area contributed by atoms with Gasteiger partial charge in [-0.15, -0.1) is 0 Å². The average molecular weight is 947 g/mol. The lowest BCUT2D eigenvalue weighted by molar-refractivity contribution is -0.384.